The molecule has 0 aromatic heterocycles. The number of hydrogen-bond donors (Lipinski definition) is 1. The van der Waals surface area contributed by atoms with E-state index in [0.29, 0.717) is 15.8 Å². The molecule has 0 aliphatic rings. The minimum absolute atomic E-state index is 0.210. The number of nitrogens with zero attached hydrogens (tertiary/aromatic N) is 1. The molecule has 0 bridgehead atoms. The van der Waals surface area contributed by atoms with Gasteiger partial charge in [0.1, 0.15) is 5.75 Å². The van der Waals surface area contributed by atoms with Crippen LogP contribution in [-0.4, -0.2) is 18.7 Å². The van der Waals surface area contributed by atoms with Gasteiger partial charge in [-0.2, -0.15) is 5.10 Å². The number of allylic oxidation sites excluding steroid dienone is 1. The summed E-state index contributed by atoms with van der Waals surface area (Å²) in [7, 11) is 0. The van der Waals surface area contributed by atoms with Crippen LogP contribution in [0.2, 0.25) is 10.0 Å². The Bertz CT molecular complexity index is 764. The largest absolute Gasteiger partial charge is 0.482 e. The summed E-state index contributed by atoms with van der Waals surface area (Å²) in [4.78, 5) is 11.7. The zero-order valence-corrected chi connectivity index (χ0v) is 15.5. The fraction of sp³-hybridized carbons (Fsp3) is 0.0588. The molecule has 4 nitrogen and oxygen atoms in total. The average Bonchev–Trinajstić information content (AvgIpc) is 2.55. The van der Waals surface area contributed by atoms with Crippen LogP contribution in [0.15, 0.2) is 58.1 Å². The van der Waals surface area contributed by atoms with E-state index in [0.717, 1.165) is 10.0 Å². The molecule has 2 rings (SSSR count). The number of hydrogen-bond acceptors (Lipinski definition) is 3. The fourth-order valence-electron chi connectivity index (χ4n) is 1.68. The van der Waals surface area contributed by atoms with Crippen LogP contribution in [0.5, 0.6) is 5.75 Å². The fourth-order valence-corrected chi connectivity index (χ4v) is 2.51. The maximum absolute atomic E-state index is 11.7. The van der Waals surface area contributed by atoms with E-state index >= 15 is 0 Å². The SMILES string of the molecule is O=C(COc1ccc(Cl)cc1Cl)N/N=C/C(Br)=C/c1ccccc1. The lowest BCUT2D eigenvalue weighted by molar-refractivity contribution is -0.123. The van der Waals surface area contributed by atoms with Crippen LogP contribution in [0.4, 0.5) is 0 Å². The summed E-state index contributed by atoms with van der Waals surface area (Å²) in [5.41, 5.74) is 3.38. The van der Waals surface area contributed by atoms with Crippen LogP contribution in [0, 0.1) is 0 Å². The van der Waals surface area contributed by atoms with Crippen molar-refractivity contribution < 1.29 is 9.53 Å². The summed E-state index contributed by atoms with van der Waals surface area (Å²) in [6, 6.07) is 14.5. The number of amides is 1. The molecular weight excluding hydrogens is 415 g/mol. The van der Waals surface area contributed by atoms with Crippen LogP contribution < -0.4 is 10.2 Å². The van der Waals surface area contributed by atoms with Gasteiger partial charge in [-0.1, -0.05) is 53.5 Å². The van der Waals surface area contributed by atoms with Gasteiger partial charge in [-0.25, -0.2) is 5.43 Å². The molecule has 0 aliphatic heterocycles. The van der Waals surface area contributed by atoms with E-state index < -0.39 is 5.91 Å². The topological polar surface area (TPSA) is 50.7 Å². The highest BCUT2D eigenvalue weighted by Gasteiger charge is 2.05. The van der Waals surface area contributed by atoms with Crippen molar-refractivity contribution >= 4 is 57.3 Å². The Labute approximate surface area is 158 Å². The first-order valence-electron chi connectivity index (χ1n) is 6.86. The number of rotatable bonds is 6. The van der Waals surface area contributed by atoms with E-state index in [9.17, 15) is 4.79 Å². The predicted molar refractivity (Wildman–Crippen MR) is 102 cm³/mol. The quantitative estimate of drug-likeness (QED) is 0.525. The minimum atomic E-state index is -0.405. The van der Waals surface area contributed by atoms with Gasteiger partial charge < -0.3 is 4.74 Å². The van der Waals surface area contributed by atoms with E-state index in [1.54, 1.807) is 18.2 Å². The third-order valence-electron chi connectivity index (χ3n) is 2.73. The Morgan fingerprint density at radius 2 is 1.96 bits per heavy atom. The molecule has 7 heteroatoms. The van der Waals surface area contributed by atoms with Crippen molar-refractivity contribution in [3.05, 3.63) is 68.6 Å². The average molecular weight is 428 g/mol. The molecule has 1 N–H and O–H groups in total. The summed E-state index contributed by atoms with van der Waals surface area (Å²) in [5, 5.41) is 4.68. The van der Waals surface area contributed by atoms with Crippen molar-refractivity contribution in [1.82, 2.24) is 5.43 Å². The standard InChI is InChI=1S/C17H13BrCl2N2O2/c18-13(8-12-4-2-1-3-5-12)10-21-22-17(23)11-24-16-7-6-14(19)9-15(16)20/h1-10H,11H2,(H,22,23)/b13-8-,21-10+. The summed E-state index contributed by atoms with van der Waals surface area (Å²) >= 11 is 15.1. The van der Waals surface area contributed by atoms with Crippen molar-refractivity contribution in [2.24, 2.45) is 5.10 Å². The van der Waals surface area contributed by atoms with Gasteiger partial charge in [0.05, 0.1) is 11.2 Å². The number of carbonyl (C=O) groups is 1. The number of ether oxygens (including phenoxy) is 1. The third kappa shape index (κ3) is 6.35. The molecule has 0 radical (unpaired) electrons. The summed E-state index contributed by atoms with van der Waals surface area (Å²) < 4.78 is 6.02. The normalized spacial score (nSPS) is 11.5. The molecule has 24 heavy (non-hydrogen) atoms. The van der Waals surface area contributed by atoms with Gasteiger partial charge in [0.25, 0.3) is 5.91 Å². The number of nitrogens with one attached hydrogen (secondary N) is 1. The van der Waals surface area contributed by atoms with Gasteiger partial charge in [0.2, 0.25) is 0 Å². The van der Waals surface area contributed by atoms with Crippen molar-refractivity contribution in [2.45, 2.75) is 0 Å². The zero-order valence-electron chi connectivity index (χ0n) is 12.4. The monoisotopic (exact) mass is 426 g/mol. The van der Waals surface area contributed by atoms with E-state index in [-0.39, 0.29) is 6.61 Å². The molecule has 0 fully saturated rings. The first kappa shape index (κ1) is 18.5. The van der Waals surface area contributed by atoms with E-state index in [1.807, 2.05) is 36.4 Å². The van der Waals surface area contributed by atoms with Gasteiger partial charge in [-0.05, 0) is 45.8 Å². The Morgan fingerprint density at radius 1 is 1.21 bits per heavy atom. The van der Waals surface area contributed by atoms with Gasteiger partial charge in [-0.15, -0.1) is 0 Å². The molecule has 0 unspecified atom stereocenters. The van der Waals surface area contributed by atoms with E-state index in [1.165, 1.54) is 6.21 Å². The van der Waals surface area contributed by atoms with Crippen LogP contribution in [-0.2, 0) is 4.79 Å². The number of hydrazone groups is 1. The van der Waals surface area contributed by atoms with Crippen LogP contribution in [0.3, 0.4) is 0 Å². The lowest BCUT2D eigenvalue weighted by atomic mass is 10.2. The highest BCUT2D eigenvalue weighted by Crippen LogP contribution is 2.27. The highest BCUT2D eigenvalue weighted by molar-refractivity contribution is 9.12. The molecule has 1 amide bonds. The van der Waals surface area contributed by atoms with Crippen LogP contribution >= 0.6 is 39.1 Å². The maximum Gasteiger partial charge on any atom is 0.277 e. The lowest BCUT2D eigenvalue weighted by Crippen LogP contribution is -2.24. The molecule has 124 valence electrons. The Hall–Kier alpha value is -1.82. The second-order valence-corrected chi connectivity index (χ2v) is 6.36. The molecule has 0 heterocycles. The molecule has 2 aromatic carbocycles. The molecule has 0 saturated carbocycles. The number of carbonyl (C=O) groups excluding carboxylic acids is 1. The first-order valence-corrected chi connectivity index (χ1v) is 8.41. The molecule has 0 spiro atoms. The number of benzene rings is 2. The van der Waals surface area contributed by atoms with E-state index in [4.69, 9.17) is 27.9 Å². The molecule has 2 aromatic rings. The zero-order chi connectivity index (χ0) is 17.4. The molecule has 0 aliphatic carbocycles. The highest BCUT2D eigenvalue weighted by atomic mass is 79.9. The second kappa shape index (κ2) is 9.47. The molecular formula is C17H13BrCl2N2O2. The summed E-state index contributed by atoms with van der Waals surface area (Å²) in [6.45, 7) is -0.210. The molecule has 0 saturated heterocycles. The lowest BCUT2D eigenvalue weighted by Gasteiger charge is -2.06. The Balaban J connectivity index is 1.81. The maximum atomic E-state index is 11.7. The Kier molecular flexibility index (Phi) is 7.31. The van der Waals surface area contributed by atoms with Gasteiger partial charge in [0.15, 0.2) is 6.61 Å². The second-order valence-electron chi connectivity index (χ2n) is 4.60. The summed E-state index contributed by atoms with van der Waals surface area (Å²) in [6.07, 6.45) is 3.36. The minimum Gasteiger partial charge on any atom is -0.482 e. The number of halogens is 3. The Morgan fingerprint density at radius 3 is 2.67 bits per heavy atom. The van der Waals surface area contributed by atoms with Gasteiger partial charge in [-0.3, -0.25) is 4.79 Å². The summed E-state index contributed by atoms with van der Waals surface area (Å²) in [5.74, 6) is -0.0253. The van der Waals surface area contributed by atoms with Crippen molar-refractivity contribution in [2.75, 3.05) is 6.61 Å². The van der Waals surface area contributed by atoms with Gasteiger partial charge in [0, 0.05) is 9.51 Å². The first-order chi connectivity index (χ1) is 11.5. The third-order valence-corrected chi connectivity index (χ3v) is 3.70. The van der Waals surface area contributed by atoms with Crippen molar-refractivity contribution in [3.63, 3.8) is 0 Å². The van der Waals surface area contributed by atoms with Crippen LogP contribution in [0.25, 0.3) is 6.08 Å². The predicted octanol–water partition coefficient (Wildman–Crippen LogP) is 4.91. The smallest absolute Gasteiger partial charge is 0.277 e. The van der Waals surface area contributed by atoms with Crippen LogP contribution in [0.1, 0.15) is 5.56 Å². The van der Waals surface area contributed by atoms with Gasteiger partial charge >= 0.3 is 0 Å². The van der Waals surface area contributed by atoms with Crippen molar-refractivity contribution in [1.29, 1.82) is 0 Å². The van der Waals surface area contributed by atoms with Crippen molar-refractivity contribution in [3.8, 4) is 5.75 Å². The van der Waals surface area contributed by atoms with E-state index in [2.05, 4.69) is 26.5 Å². The molecule has 0 atom stereocenters.